The zero-order valence-corrected chi connectivity index (χ0v) is 8.93. The summed E-state index contributed by atoms with van der Waals surface area (Å²) in [6.07, 6.45) is 4.71. The van der Waals surface area contributed by atoms with Crippen LogP contribution >= 0.6 is 0 Å². The van der Waals surface area contributed by atoms with Gasteiger partial charge in [-0.3, -0.25) is 5.10 Å². The maximum atomic E-state index is 5.61. The Labute approximate surface area is 94.2 Å². The lowest BCUT2D eigenvalue weighted by Crippen LogP contribution is -2.00. The highest BCUT2D eigenvalue weighted by molar-refractivity contribution is 5.22. The van der Waals surface area contributed by atoms with Crippen molar-refractivity contribution < 1.29 is 0 Å². The van der Waals surface area contributed by atoms with Crippen molar-refractivity contribution in [1.29, 1.82) is 0 Å². The van der Waals surface area contributed by atoms with Crippen LogP contribution in [0.15, 0.2) is 48.4 Å². The van der Waals surface area contributed by atoms with Gasteiger partial charge in [-0.25, -0.2) is 4.98 Å². The molecule has 0 unspecified atom stereocenters. The van der Waals surface area contributed by atoms with Crippen LogP contribution in [-0.4, -0.2) is 15.2 Å². The average molecular weight is 214 g/mol. The zero-order chi connectivity index (χ0) is 11.2. The van der Waals surface area contributed by atoms with Crippen molar-refractivity contribution >= 4 is 0 Å². The third-order valence-electron chi connectivity index (χ3n) is 2.37. The van der Waals surface area contributed by atoms with Crippen molar-refractivity contribution in [3.63, 3.8) is 0 Å². The molecule has 0 aliphatic heterocycles. The van der Waals surface area contributed by atoms with Gasteiger partial charge in [0.15, 0.2) is 0 Å². The van der Waals surface area contributed by atoms with E-state index in [-0.39, 0.29) is 0 Å². The number of nitrogens with one attached hydrogen (secondary N) is 1. The van der Waals surface area contributed by atoms with E-state index in [2.05, 4.69) is 27.3 Å². The number of aromatic nitrogens is 3. The van der Waals surface area contributed by atoms with Crippen LogP contribution < -0.4 is 5.73 Å². The van der Waals surface area contributed by atoms with E-state index in [1.54, 1.807) is 6.20 Å². The molecule has 0 spiro atoms. The van der Waals surface area contributed by atoms with Gasteiger partial charge in [-0.05, 0) is 23.8 Å². The van der Waals surface area contributed by atoms with Gasteiger partial charge in [0.2, 0.25) is 0 Å². The zero-order valence-electron chi connectivity index (χ0n) is 8.93. The number of hydrogen-bond acceptors (Lipinski definition) is 3. The predicted molar refractivity (Wildman–Crippen MR) is 62.5 cm³/mol. The van der Waals surface area contributed by atoms with Gasteiger partial charge < -0.3 is 5.73 Å². The number of H-pyrrole nitrogens is 1. The molecule has 0 saturated carbocycles. The second-order valence-electron chi connectivity index (χ2n) is 3.60. The molecule has 0 fully saturated rings. The standard InChI is InChI=1S/C12H14N4/c13-8-11(7-12-14-9-15-16-12)6-10-4-2-1-3-5-10/h1-5,8-9H,6-7,13H2,(H,14,15,16)/b11-8+. The summed E-state index contributed by atoms with van der Waals surface area (Å²) in [4.78, 5) is 4.08. The first kappa shape index (κ1) is 10.4. The Morgan fingerprint density at radius 1 is 1.25 bits per heavy atom. The van der Waals surface area contributed by atoms with Gasteiger partial charge in [-0.2, -0.15) is 5.10 Å². The molecule has 0 atom stereocenters. The summed E-state index contributed by atoms with van der Waals surface area (Å²) in [6, 6.07) is 10.2. The van der Waals surface area contributed by atoms with Crippen LogP contribution in [-0.2, 0) is 12.8 Å². The minimum atomic E-state index is 0.714. The molecule has 0 saturated heterocycles. The van der Waals surface area contributed by atoms with Crippen LogP contribution in [0, 0.1) is 0 Å². The highest BCUT2D eigenvalue weighted by Crippen LogP contribution is 2.10. The summed E-state index contributed by atoms with van der Waals surface area (Å²) in [7, 11) is 0. The van der Waals surface area contributed by atoms with Gasteiger partial charge in [-0.1, -0.05) is 30.3 Å². The lowest BCUT2D eigenvalue weighted by Gasteiger charge is -2.04. The monoisotopic (exact) mass is 214 g/mol. The Kier molecular flexibility index (Phi) is 3.33. The van der Waals surface area contributed by atoms with E-state index in [9.17, 15) is 0 Å². The molecule has 3 N–H and O–H groups in total. The summed E-state index contributed by atoms with van der Waals surface area (Å²) >= 11 is 0. The molecule has 0 aliphatic carbocycles. The molecule has 82 valence electrons. The third-order valence-corrected chi connectivity index (χ3v) is 2.37. The van der Waals surface area contributed by atoms with Crippen molar-refractivity contribution in [2.45, 2.75) is 12.8 Å². The maximum Gasteiger partial charge on any atom is 0.137 e. The fourth-order valence-electron chi connectivity index (χ4n) is 1.57. The SMILES string of the molecule is N/C=C(\Cc1ccccc1)Cc1ncn[nH]1. The van der Waals surface area contributed by atoms with E-state index < -0.39 is 0 Å². The summed E-state index contributed by atoms with van der Waals surface area (Å²) in [5, 5.41) is 6.64. The first-order valence-corrected chi connectivity index (χ1v) is 5.16. The Morgan fingerprint density at radius 2 is 2.06 bits per heavy atom. The number of nitrogens with two attached hydrogens (primary N) is 1. The van der Waals surface area contributed by atoms with E-state index >= 15 is 0 Å². The Hall–Kier alpha value is -2.10. The highest BCUT2D eigenvalue weighted by atomic mass is 15.2. The Morgan fingerprint density at radius 3 is 2.69 bits per heavy atom. The van der Waals surface area contributed by atoms with Crippen LogP contribution in [0.4, 0.5) is 0 Å². The molecule has 1 aromatic heterocycles. The lowest BCUT2D eigenvalue weighted by molar-refractivity contribution is 0.922. The number of hydrogen-bond donors (Lipinski definition) is 2. The minimum Gasteiger partial charge on any atom is -0.405 e. The fourth-order valence-corrected chi connectivity index (χ4v) is 1.57. The third kappa shape index (κ3) is 2.70. The fraction of sp³-hybridized carbons (Fsp3) is 0.167. The van der Waals surface area contributed by atoms with Gasteiger partial charge in [0.25, 0.3) is 0 Å². The van der Waals surface area contributed by atoms with Crippen LogP contribution in [0.2, 0.25) is 0 Å². The maximum absolute atomic E-state index is 5.61. The normalized spacial score (nSPS) is 11.6. The van der Waals surface area contributed by atoms with Gasteiger partial charge in [0.1, 0.15) is 12.2 Å². The second kappa shape index (κ2) is 5.11. The van der Waals surface area contributed by atoms with E-state index in [0.717, 1.165) is 17.8 Å². The largest absolute Gasteiger partial charge is 0.405 e. The second-order valence-corrected chi connectivity index (χ2v) is 3.60. The summed E-state index contributed by atoms with van der Waals surface area (Å²) in [6.45, 7) is 0. The molecule has 0 amide bonds. The van der Waals surface area contributed by atoms with Gasteiger partial charge in [-0.15, -0.1) is 0 Å². The predicted octanol–water partition coefficient (Wildman–Crippen LogP) is 1.43. The molecular weight excluding hydrogens is 200 g/mol. The molecule has 1 heterocycles. The summed E-state index contributed by atoms with van der Waals surface area (Å²) in [5.74, 6) is 0.840. The molecule has 0 bridgehead atoms. The molecule has 2 rings (SSSR count). The summed E-state index contributed by atoms with van der Waals surface area (Å²) < 4.78 is 0. The molecule has 1 aromatic carbocycles. The number of nitrogens with zero attached hydrogens (tertiary/aromatic N) is 2. The molecule has 2 aromatic rings. The van der Waals surface area contributed by atoms with Gasteiger partial charge in [0, 0.05) is 6.42 Å². The first-order valence-electron chi connectivity index (χ1n) is 5.16. The van der Waals surface area contributed by atoms with Crippen molar-refractivity contribution in [3.8, 4) is 0 Å². The number of aromatic amines is 1. The number of benzene rings is 1. The van der Waals surface area contributed by atoms with E-state index in [1.165, 1.54) is 11.9 Å². The van der Waals surface area contributed by atoms with Crippen molar-refractivity contribution in [2.75, 3.05) is 0 Å². The average Bonchev–Trinajstić information content (AvgIpc) is 2.82. The number of rotatable bonds is 4. The quantitative estimate of drug-likeness (QED) is 0.809. The van der Waals surface area contributed by atoms with Crippen molar-refractivity contribution in [2.24, 2.45) is 5.73 Å². The molecular formula is C12H14N4. The summed E-state index contributed by atoms with van der Waals surface area (Å²) in [5.41, 5.74) is 7.99. The van der Waals surface area contributed by atoms with Crippen LogP contribution in [0.5, 0.6) is 0 Å². The van der Waals surface area contributed by atoms with Crippen molar-refractivity contribution in [3.05, 3.63) is 59.8 Å². The highest BCUT2D eigenvalue weighted by Gasteiger charge is 2.03. The van der Waals surface area contributed by atoms with Gasteiger partial charge >= 0.3 is 0 Å². The van der Waals surface area contributed by atoms with Crippen LogP contribution in [0.25, 0.3) is 0 Å². The number of allylic oxidation sites excluding steroid dienone is 1. The molecule has 4 nitrogen and oxygen atoms in total. The lowest BCUT2D eigenvalue weighted by atomic mass is 10.0. The van der Waals surface area contributed by atoms with Crippen LogP contribution in [0.3, 0.4) is 0 Å². The van der Waals surface area contributed by atoms with Gasteiger partial charge in [0.05, 0.1) is 0 Å². The van der Waals surface area contributed by atoms with Crippen LogP contribution in [0.1, 0.15) is 11.4 Å². The van der Waals surface area contributed by atoms with E-state index in [4.69, 9.17) is 5.73 Å². The minimum absolute atomic E-state index is 0.714. The Bertz CT molecular complexity index is 445. The van der Waals surface area contributed by atoms with Crippen molar-refractivity contribution in [1.82, 2.24) is 15.2 Å². The first-order chi connectivity index (χ1) is 7.88. The molecule has 0 aliphatic rings. The van der Waals surface area contributed by atoms with E-state index in [1.807, 2.05) is 18.2 Å². The smallest absolute Gasteiger partial charge is 0.137 e. The molecule has 16 heavy (non-hydrogen) atoms. The molecule has 0 radical (unpaired) electrons. The topological polar surface area (TPSA) is 67.6 Å². The molecule has 4 heteroatoms. The Balaban J connectivity index is 2.02. The van der Waals surface area contributed by atoms with E-state index in [0.29, 0.717) is 6.42 Å².